The molecule has 21 heavy (non-hydrogen) atoms. The lowest BCUT2D eigenvalue weighted by atomic mass is 10.0. The van der Waals surface area contributed by atoms with Crippen LogP contribution in [0, 0.1) is 0 Å². The molecule has 0 bridgehead atoms. The van der Waals surface area contributed by atoms with E-state index in [9.17, 15) is 9.59 Å². The Morgan fingerprint density at radius 1 is 1.19 bits per heavy atom. The molecule has 0 aliphatic rings. The van der Waals surface area contributed by atoms with Gasteiger partial charge in [0.05, 0.1) is 0 Å². The highest BCUT2D eigenvalue weighted by Crippen LogP contribution is 2.14. The largest absolute Gasteiger partial charge is 0.480 e. The molecular weight excluding hydrogens is 268 g/mol. The van der Waals surface area contributed by atoms with Crippen molar-refractivity contribution in [1.29, 1.82) is 0 Å². The molecule has 1 aromatic rings. The summed E-state index contributed by atoms with van der Waals surface area (Å²) in [5.74, 6) is -0.533. The van der Waals surface area contributed by atoms with Crippen LogP contribution in [-0.4, -0.2) is 23.1 Å². The smallest absolute Gasteiger partial charge is 0.326 e. The Labute approximate surface area is 125 Å². The number of aliphatic carboxylic acids is 1. The molecule has 0 saturated heterocycles. The first-order valence-corrected chi connectivity index (χ1v) is 7.30. The van der Waals surface area contributed by atoms with Gasteiger partial charge in [0, 0.05) is 6.54 Å². The van der Waals surface area contributed by atoms with Crippen molar-refractivity contribution in [3.05, 3.63) is 35.4 Å². The van der Waals surface area contributed by atoms with Crippen LogP contribution >= 0.6 is 0 Å². The molecule has 1 rings (SSSR count). The minimum atomic E-state index is -1.01. The number of hydrogen-bond donors (Lipinski definition) is 3. The highest BCUT2D eigenvalue weighted by molar-refractivity contribution is 5.82. The predicted molar refractivity (Wildman–Crippen MR) is 82.2 cm³/mol. The summed E-state index contributed by atoms with van der Waals surface area (Å²) in [7, 11) is 0. The van der Waals surface area contributed by atoms with Gasteiger partial charge in [-0.05, 0) is 23.5 Å². The van der Waals surface area contributed by atoms with Crippen molar-refractivity contribution < 1.29 is 14.7 Å². The lowest BCUT2D eigenvalue weighted by Crippen LogP contribution is -2.45. The first-order chi connectivity index (χ1) is 9.93. The normalized spacial score (nSPS) is 12.0. The molecule has 0 fully saturated rings. The van der Waals surface area contributed by atoms with Gasteiger partial charge in [0.25, 0.3) is 0 Å². The second kappa shape index (κ2) is 8.29. The van der Waals surface area contributed by atoms with E-state index in [0.29, 0.717) is 25.3 Å². The van der Waals surface area contributed by atoms with Crippen molar-refractivity contribution in [3.63, 3.8) is 0 Å². The Balaban J connectivity index is 2.46. The van der Waals surface area contributed by atoms with E-state index >= 15 is 0 Å². The molecule has 0 saturated carbocycles. The van der Waals surface area contributed by atoms with Crippen molar-refractivity contribution in [2.45, 2.75) is 52.1 Å². The third kappa shape index (κ3) is 5.85. The topological polar surface area (TPSA) is 78.4 Å². The van der Waals surface area contributed by atoms with Gasteiger partial charge < -0.3 is 15.7 Å². The van der Waals surface area contributed by atoms with Crippen molar-refractivity contribution in [2.75, 3.05) is 0 Å². The van der Waals surface area contributed by atoms with E-state index in [0.717, 1.165) is 5.56 Å². The zero-order valence-electron chi connectivity index (χ0n) is 12.8. The average molecular weight is 292 g/mol. The zero-order chi connectivity index (χ0) is 15.8. The number of carbonyl (C=O) groups is 2. The molecule has 3 N–H and O–H groups in total. The minimum Gasteiger partial charge on any atom is -0.480 e. The van der Waals surface area contributed by atoms with E-state index in [2.05, 4.69) is 24.5 Å². The first kappa shape index (κ1) is 17.0. The van der Waals surface area contributed by atoms with Gasteiger partial charge in [-0.1, -0.05) is 51.5 Å². The number of carboxylic acid groups (broad SMARTS) is 1. The van der Waals surface area contributed by atoms with Gasteiger partial charge in [-0.15, -0.1) is 0 Å². The average Bonchev–Trinajstić information content (AvgIpc) is 2.45. The van der Waals surface area contributed by atoms with Crippen LogP contribution in [-0.2, 0) is 11.3 Å². The van der Waals surface area contributed by atoms with E-state index in [1.807, 2.05) is 31.2 Å². The number of rotatable bonds is 7. The molecule has 0 aliphatic heterocycles. The Bertz CT molecular complexity index is 469. The van der Waals surface area contributed by atoms with Crippen LogP contribution in [0.5, 0.6) is 0 Å². The fourth-order valence-electron chi connectivity index (χ4n) is 1.96. The highest BCUT2D eigenvalue weighted by Gasteiger charge is 2.18. The molecule has 5 nitrogen and oxygen atoms in total. The van der Waals surface area contributed by atoms with E-state index in [1.54, 1.807) is 0 Å². The maximum absolute atomic E-state index is 11.7. The lowest BCUT2D eigenvalue weighted by molar-refractivity contribution is -0.139. The lowest BCUT2D eigenvalue weighted by Gasteiger charge is -2.14. The number of hydrogen-bond acceptors (Lipinski definition) is 2. The molecule has 1 unspecified atom stereocenters. The van der Waals surface area contributed by atoms with Gasteiger partial charge in [-0.2, -0.15) is 0 Å². The summed E-state index contributed by atoms with van der Waals surface area (Å²) in [5, 5.41) is 14.1. The number of benzene rings is 1. The van der Waals surface area contributed by atoms with E-state index in [4.69, 9.17) is 5.11 Å². The number of carbonyl (C=O) groups excluding carboxylic acids is 1. The Morgan fingerprint density at radius 2 is 1.81 bits per heavy atom. The van der Waals surface area contributed by atoms with Crippen LogP contribution in [0.2, 0.25) is 0 Å². The fraction of sp³-hybridized carbons (Fsp3) is 0.500. The quantitative estimate of drug-likeness (QED) is 0.723. The molecule has 0 spiro atoms. The third-order valence-electron chi connectivity index (χ3n) is 3.28. The minimum absolute atomic E-state index is 0.378. The summed E-state index contributed by atoms with van der Waals surface area (Å²) in [6.45, 7) is 6.51. The van der Waals surface area contributed by atoms with E-state index in [1.165, 1.54) is 5.56 Å². The summed E-state index contributed by atoms with van der Waals surface area (Å²) in [6, 6.07) is 6.72. The third-order valence-corrected chi connectivity index (χ3v) is 3.28. The molecule has 116 valence electrons. The standard InChI is InChI=1S/C16H24N2O3/c1-4-5-14(15(19)20)18-16(21)17-10-12-6-8-13(9-7-12)11(2)3/h6-9,11,14H,4-5,10H2,1-3H3,(H,19,20)(H2,17,18,21). The highest BCUT2D eigenvalue weighted by atomic mass is 16.4. The van der Waals surface area contributed by atoms with Gasteiger partial charge in [-0.25, -0.2) is 9.59 Å². The SMILES string of the molecule is CCCC(NC(=O)NCc1ccc(C(C)C)cc1)C(=O)O. The molecule has 5 heteroatoms. The van der Waals surface area contributed by atoms with Crippen molar-refractivity contribution in [3.8, 4) is 0 Å². The maximum Gasteiger partial charge on any atom is 0.326 e. The van der Waals surface area contributed by atoms with Gasteiger partial charge in [0.15, 0.2) is 0 Å². The van der Waals surface area contributed by atoms with Crippen LogP contribution in [0.4, 0.5) is 4.79 Å². The molecule has 1 atom stereocenters. The van der Waals surface area contributed by atoms with Crippen LogP contribution in [0.25, 0.3) is 0 Å². The van der Waals surface area contributed by atoms with Crippen LogP contribution in [0.15, 0.2) is 24.3 Å². The van der Waals surface area contributed by atoms with E-state index in [-0.39, 0.29) is 0 Å². The number of nitrogens with one attached hydrogen (secondary N) is 2. The van der Waals surface area contributed by atoms with Crippen LogP contribution < -0.4 is 10.6 Å². The molecule has 0 aliphatic carbocycles. The van der Waals surface area contributed by atoms with Gasteiger partial charge in [0.2, 0.25) is 0 Å². The van der Waals surface area contributed by atoms with Crippen molar-refractivity contribution in [1.82, 2.24) is 10.6 Å². The fourth-order valence-corrected chi connectivity index (χ4v) is 1.96. The van der Waals surface area contributed by atoms with Gasteiger partial charge >= 0.3 is 12.0 Å². The monoisotopic (exact) mass is 292 g/mol. The second-order valence-electron chi connectivity index (χ2n) is 5.40. The molecule has 2 amide bonds. The van der Waals surface area contributed by atoms with Crippen molar-refractivity contribution in [2.24, 2.45) is 0 Å². The summed E-state index contributed by atoms with van der Waals surface area (Å²) in [5.41, 5.74) is 2.23. The zero-order valence-corrected chi connectivity index (χ0v) is 12.8. The molecule has 0 radical (unpaired) electrons. The Hall–Kier alpha value is -2.04. The number of carboxylic acids is 1. The second-order valence-corrected chi connectivity index (χ2v) is 5.40. The first-order valence-electron chi connectivity index (χ1n) is 7.30. The Morgan fingerprint density at radius 3 is 2.29 bits per heavy atom. The summed E-state index contributed by atoms with van der Waals surface area (Å²) in [6.07, 6.45) is 1.12. The van der Waals surface area contributed by atoms with Crippen molar-refractivity contribution >= 4 is 12.0 Å². The molecule has 0 aromatic heterocycles. The number of amides is 2. The molecular formula is C16H24N2O3. The molecule has 1 aromatic carbocycles. The molecule has 0 heterocycles. The summed E-state index contributed by atoms with van der Waals surface area (Å²) >= 11 is 0. The Kier molecular flexibility index (Phi) is 6.72. The van der Waals surface area contributed by atoms with Gasteiger partial charge in [0.1, 0.15) is 6.04 Å². The van der Waals surface area contributed by atoms with Gasteiger partial charge in [-0.3, -0.25) is 0 Å². The van der Waals surface area contributed by atoms with E-state index < -0.39 is 18.0 Å². The van der Waals surface area contributed by atoms with Crippen LogP contribution in [0.3, 0.4) is 0 Å². The predicted octanol–water partition coefficient (Wildman–Crippen LogP) is 2.86. The van der Waals surface area contributed by atoms with Crippen LogP contribution in [0.1, 0.15) is 50.7 Å². The number of urea groups is 1. The maximum atomic E-state index is 11.7. The summed E-state index contributed by atoms with van der Waals surface area (Å²) in [4.78, 5) is 22.7. The summed E-state index contributed by atoms with van der Waals surface area (Å²) < 4.78 is 0.